The molecule has 0 fully saturated rings. The van der Waals surface area contributed by atoms with Gasteiger partial charge >= 0.3 is 6.03 Å². The first-order valence-corrected chi connectivity index (χ1v) is 8.29. The van der Waals surface area contributed by atoms with Gasteiger partial charge < -0.3 is 4.90 Å². The van der Waals surface area contributed by atoms with E-state index in [1.807, 2.05) is 50.4 Å². The van der Waals surface area contributed by atoms with Crippen LogP contribution in [0.4, 0.5) is 4.79 Å². The zero-order valence-corrected chi connectivity index (χ0v) is 14.5. The van der Waals surface area contributed by atoms with Crippen molar-refractivity contribution in [1.29, 1.82) is 0 Å². The van der Waals surface area contributed by atoms with Gasteiger partial charge in [0.15, 0.2) is 0 Å². The minimum atomic E-state index is -0.000954. The summed E-state index contributed by atoms with van der Waals surface area (Å²) in [6.45, 7) is 6.25. The quantitative estimate of drug-likeness (QED) is 0.660. The summed E-state index contributed by atoms with van der Waals surface area (Å²) in [4.78, 5) is 16.3. The molecule has 3 heteroatoms. The molecule has 1 unspecified atom stereocenters. The Morgan fingerprint density at radius 1 is 1.26 bits per heavy atom. The van der Waals surface area contributed by atoms with Crippen molar-refractivity contribution in [3.05, 3.63) is 71.7 Å². The van der Waals surface area contributed by atoms with Gasteiger partial charge in [0.05, 0.1) is 6.04 Å². The van der Waals surface area contributed by atoms with Crippen LogP contribution in [-0.4, -0.2) is 28.9 Å². The lowest BCUT2D eigenvalue weighted by Crippen LogP contribution is -2.47. The van der Waals surface area contributed by atoms with Crippen LogP contribution in [0.2, 0.25) is 0 Å². The smallest absolute Gasteiger partial charge is 0.317 e. The number of hydrogen-bond acceptors (Lipinski definition) is 1. The van der Waals surface area contributed by atoms with Crippen LogP contribution in [0.15, 0.2) is 71.7 Å². The van der Waals surface area contributed by atoms with Crippen molar-refractivity contribution in [2.75, 3.05) is 7.05 Å². The molecule has 2 rings (SSSR count). The highest BCUT2D eigenvalue weighted by Gasteiger charge is 2.31. The van der Waals surface area contributed by atoms with E-state index in [4.69, 9.17) is 0 Å². The summed E-state index contributed by atoms with van der Waals surface area (Å²) in [6, 6.07) is 0.0241. The SMILES string of the molecule is C\C=C(/C=C\C(=C/CC)CC)N1C(=O)N(C)C2C=CC=CC1=C2. The zero-order chi connectivity index (χ0) is 16.8. The molecule has 1 atom stereocenters. The number of carbonyl (C=O) groups excluding carboxylic acids is 1. The molecule has 1 aliphatic heterocycles. The topological polar surface area (TPSA) is 23.6 Å². The van der Waals surface area contributed by atoms with Gasteiger partial charge in [0.25, 0.3) is 0 Å². The minimum Gasteiger partial charge on any atom is -0.317 e. The van der Waals surface area contributed by atoms with Crippen molar-refractivity contribution < 1.29 is 4.79 Å². The largest absolute Gasteiger partial charge is 0.329 e. The molecule has 0 aromatic rings. The summed E-state index contributed by atoms with van der Waals surface area (Å²) in [5, 5.41) is 0. The maximum Gasteiger partial charge on any atom is 0.329 e. The fourth-order valence-corrected chi connectivity index (χ4v) is 2.75. The van der Waals surface area contributed by atoms with Crippen LogP contribution in [0.3, 0.4) is 0 Å². The second-order valence-corrected chi connectivity index (χ2v) is 5.64. The molecule has 2 bridgehead atoms. The number of carbonyl (C=O) groups is 1. The van der Waals surface area contributed by atoms with Gasteiger partial charge in [-0.1, -0.05) is 55.9 Å². The van der Waals surface area contributed by atoms with Crippen molar-refractivity contribution >= 4 is 6.03 Å². The molecule has 3 nitrogen and oxygen atoms in total. The van der Waals surface area contributed by atoms with Gasteiger partial charge in [0, 0.05) is 18.4 Å². The van der Waals surface area contributed by atoms with Crippen LogP contribution in [0, 0.1) is 0 Å². The number of fused-ring (bicyclic) bond motifs is 1. The number of amides is 2. The van der Waals surface area contributed by atoms with E-state index in [0.717, 1.165) is 24.2 Å². The van der Waals surface area contributed by atoms with Crippen LogP contribution in [0.25, 0.3) is 0 Å². The van der Waals surface area contributed by atoms with Crippen molar-refractivity contribution in [3.63, 3.8) is 0 Å². The molecule has 0 spiro atoms. The second-order valence-electron chi connectivity index (χ2n) is 5.64. The molecule has 0 N–H and O–H groups in total. The Hall–Kier alpha value is -2.29. The van der Waals surface area contributed by atoms with E-state index in [-0.39, 0.29) is 12.1 Å². The predicted octanol–water partition coefficient (Wildman–Crippen LogP) is 4.94. The van der Waals surface area contributed by atoms with E-state index in [2.05, 4.69) is 32.1 Å². The maximum atomic E-state index is 12.8. The van der Waals surface area contributed by atoms with E-state index in [1.165, 1.54) is 5.57 Å². The van der Waals surface area contributed by atoms with Gasteiger partial charge in [-0.2, -0.15) is 0 Å². The monoisotopic (exact) mass is 310 g/mol. The van der Waals surface area contributed by atoms with Crippen molar-refractivity contribution in [2.45, 2.75) is 39.7 Å². The zero-order valence-electron chi connectivity index (χ0n) is 14.5. The van der Waals surface area contributed by atoms with Gasteiger partial charge in [0.1, 0.15) is 0 Å². The number of nitrogens with zero attached hydrogens (tertiary/aromatic N) is 2. The molecule has 0 saturated carbocycles. The Balaban J connectivity index is 2.34. The lowest BCUT2D eigenvalue weighted by atomic mass is 10.1. The van der Waals surface area contributed by atoms with Crippen molar-refractivity contribution in [3.8, 4) is 0 Å². The third kappa shape index (κ3) is 3.73. The Kier molecular flexibility index (Phi) is 5.80. The van der Waals surface area contributed by atoms with Gasteiger partial charge in [-0.15, -0.1) is 0 Å². The van der Waals surface area contributed by atoms with Crippen LogP contribution in [0.1, 0.15) is 33.6 Å². The molecule has 0 radical (unpaired) electrons. The van der Waals surface area contributed by atoms with E-state index in [1.54, 1.807) is 9.80 Å². The molecule has 0 aromatic carbocycles. The van der Waals surface area contributed by atoms with Gasteiger partial charge in [-0.05, 0) is 38.0 Å². The number of hydrogen-bond donors (Lipinski definition) is 0. The Morgan fingerprint density at radius 3 is 2.70 bits per heavy atom. The molecule has 23 heavy (non-hydrogen) atoms. The van der Waals surface area contributed by atoms with Crippen LogP contribution < -0.4 is 0 Å². The molecule has 0 saturated heterocycles. The first-order chi connectivity index (χ1) is 11.1. The van der Waals surface area contributed by atoms with Crippen LogP contribution in [-0.2, 0) is 0 Å². The molecule has 0 aromatic heterocycles. The van der Waals surface area contributed by atoms with E-state index in [0.29, 0.717) is 0 Å². The summed E-state index contributed by atoms with van der Waals surface area (Å²) >= 11 is 0. The third-order valence-electron chi connectivity index (χ3n) is 4.12. The summed E-state index contributed by atoms with van der Waals surface area (Å²) in [5.41, 5.74) is 3.11. The average molecular weight is 310 g/mol. The first-order valence-electron chi connectivity index (χ1n) is 8.29. The Bertz CT molecular complexity index is 632. The van der Waals surface area contributed by atoms with E-state index in [9.17, 15) is 4.79 Å². The number of rotatable bonds is 5. The average Bonchev–Trinajstić information content (AvgIpc) is 2.78. The van der Waals surface area contributed by atoms with Gasteiger partial charge in [0.2, 0.25) is 0 Å². The van der Waals surface area contributed by atoms with E-state index < -0.39 is 0 Å². The molecule has 2 amide bonds. The standard InChI is InChI=1S/C20H26N2O/c1-5-10-16(6-2)13-14-17(7-3)22-19-12-9-8-11-18(15-19)21(4)20(22)23/h7-15,18H,5-6H2,1-4H3/b14-13-,16-10-,17-7+. The predicted molar refractivity (Wildman–Crippen MR) is 96.7 cm³/mol. The van der Waals surface area contributed by atoms with E-state index >= 15 is 0 Å². The van der Waals surface area contributed by atoms with Crippen LogP contribution in [0.5, 0.6) is 0 Å². The van der Waals surface area contributed by atoms with Crippen molar-refractivity contribution in [2.24, 2.45) is 0 Å². The summed E-state index contributed by atoms with van der Waals surface area (Å²) in [6.07, 6.45) is 20.5. The highest BCUT2D eigenvalue weighted by atomic mass is 16.2. The molecule has 1 heterocycles. The first kappa shape index (κ1) is 17.1. The van der Waals surface area contributed by atoms with Crippen molar-refractivity contribution in [1.82, 2.24) is 9.80 Å². The molecular formula is C20H26N2O. The maximum absolute atomic E-state index is 12.8. The molecular weight excluding hydrogens is 284 g/mol. The summed E-state index contributed by atoms with van der Waals surface area (Å²) < 4.78 is 0. The highest BCUT2D eigenvalue weighted by Crippen LogP contribution is 2.27. The van der Waals surface area contributed by atoms with Gasteiger partial charge in [-0.3, -0.25) is 4.90 Å². The molecule has 2 aliphatic rings. The Labute approximate surface area is 139 Å². The third-order valence-corrected chi connectivity index (χ3v) is 4.12. The molecule has 122 valence electrons. The normalized spacial score (nSPS) is 22.0. The molecule has 1 aliphatic carbocycles. The highest BCUT2D eigenvalue weighted by molar-refractivity contribution is 5.82. The fourth-order valence-electron chi connectivity index (χ4n) is 2.75. The van der Waals surface area contributed by atoms with Gasteiger partial charge in [-0.25, -0.2) is 4.79 Å². The lowest BCUT2D eigenvalue weighted by molar-refractivity contribution is 0.178. The Morgan fingerprint density at radius 2 is 2.04 bits per heavy atom. The number of urea groups is 1. The lowest BCUT2D eigenvalue weighted by Gasteiger charge is -2.36. The number of likely N-dealkylation sites (N-methyl/N-ethyl adjacent to an activating group) is 1. The number of allylic oxidation sites excluding steroid dienone is 8. The summed E-state index contributed by atoms with van der Waals surface area (Å²) in [7, 11) is 1.84. The van der Waals surface area contributed by atoms with Crippen LogP contribution >= 0.6 is 0 Å². The summed E-state index contributed by atoms with van der Waals surface area (Å²) in [5.74, 6) is 0. The fraction of sp³-hybridized carbons (Fsp3) is 0.350. The minimum absolute atomic E-state index is 0.000954. The second kappa shape index (κ2) is 7.82.